The molecule has 2 bridgehead atoms. The van der Waals surface area contributed by atoms with E-state index in [0.717, 1.165) is 61.0 Å². The standard InChI is InChI=1S/C28H36ClNO3/c1-17-6-10-24(11-7-17)33-26-13-9-20-14-19(8-12-25(20)27(26)29)18(2)30-22-4-3-5-23(30)16-21(15-22)28(31)32/h8-9,12-14,17-18,21-24H,3-7,10-11,15-16H2,1-2H3,(H,31,32)/t17-,18-,21?,22?,23?,24+/m0/s1. The van der Waals surface area contributed by atoms with Gasteiger partial charge in [-0.25, -0.2) is 0 Å². The van der Waals surface area contributed by atoms with Crippen LogP contribution in [0.1, 0.15) is 83.2 Å². The molecule has 1 saturated carbocycles. The number of aliphatic carboxylic acids is 1. The quantitative estimate of drug-likeness (QED) is 0.501. The molecule has 2 aliphatic heterocycles. The van der Waals surface area contributed by atoms with E-state index in [-0.39, 0.29) is 18.1 Å². The van der Waals surface area contributed by atoms with Crippen LogP contribution in [0.2, 0.25) is 5.02 Å². The summed E-state index contributed by atoms with van der Waals surface area (Å²) in [5.74, 6) is 0.784. The van der Waals surface area contributed by atoms with Crippen molar-refractivity contribution in [3.05, 3.63) is 40.9 Å². The molecule has 5 rings (SSSR count). The second-order valence-corrected chi connectivity index (χ2v) is 11.1. The molecule has 0 amide bonds. The summed E-state index contributed by atoms with van der Waals surface area (Å²) < 4.78 is 6.31. The average Bonchev–Trinajstić information content (AvgIpc) is 2.80. The van der Waals surface area contributed by atoms with E-state index in [0.29, 0.717) is 17.1 Å². The third-order valence-corrected chi connectivity index (χ3v) is 8.90. The van der Waals surface area contributed by atoms with Gasteiger partial charge in [-0.3, -0.25) is 9.69 Å². The Kier molecular flexibility index (Phi) is 6.59. The Hall–Kier alpha value is -1.78. The predicted molar refractivity (Wildman–Crippen MR) is 133 cm³/mol. The maximum Gasteiger partial charge on any atom is 0.306 e. The maximum atomic E-state index is 11.6. The highest BCUT2D eigenvalue weighted by atomic mass is 35.5. The van der Waals surface area contributed by atoms with Crippen molar-refractivity contribution < 1.29 is 14.6 Å². The van der Waals surface area contributed by atoms with Gasteiger partial charge in [-0.15, -0.1) is 0 Å². The molecule has 1 N–H and O–H groups in total. The molecule has 1 aliphatic carbocycles. The van der Waals surface area contributed by atoms with Crippen LogP contribution in [-0.4, -0.2) is 34.2 Å². The number of carboxylic acids is 1. The summed E-state index contributed by atoms with van der Waals surface area (Å²) in [5.41, 5.74) is 1.28. The second kappa shape index (κ2) is 9.46. The van der Waals surface area contributed by atoms with Crippen LogP contribution in [0.15, 0.2) is 30.3 Å². The normalized spacial score (nSPS) is 31.3. The molecule has 3 atom stereocenters. The predicted octanol–water partition coefficient (Wildman–Crippen LogP) is 7.23. The van der Waals surface area contributed by atoms with Crippen molar-refractivity contribution in [2.24, 2.45) is 11.8 Å². The molecule has 3 aliphatic rings. The fourth-order valence-corrected chi connectivity index (χ4v) is 6.87. The SMILES string of the molecule is C[C@@H](c1ccc2c(Cl)c(O[C@H]3CC[C@@H](C)CC3)ccc2c1)N1C2CCCC1CC(C(=O)O)C2. The molecule has 0 aromatic heterocycles. The Morgan fingerprint density at radius 3 is 2.42 bits per heavy atom. The van der Waals surface area contributed by atoms with E-state index in [1.807, 2.05) is 6.07 Å². The highest BCUT2D eigenvalue weighted by molar-refractivity contribution is 6.37. The number of carbonyl (C=O) groups is 1. The molecule has 0 radical (unpaired) electrons. The lowest BCUT2D eigenvalue weighted by Crippen LogP contribution is -2.53. The Labute approximate surface area is 202 Å². The molecule has 2 heterocycles. The zero-order valence-electron chi connectivity index (χ0n) is 19.8. The zero-order valence-corrected chi connectivity index (χ0v) is 20.6. The number of nitrogens with zero attached hydrogens (tertiary/aromatic N) is 1. The van der Waals surface area contributed by atoms with E-state index in [4.69, 9.17) is 16.3 Å². The number of ether oxygens (including phenoxy) is 1. The number of fused-ring (bicyclic) bond motifs is 3. The molecule has 3 fully saturated rings. The lowest BCUT2D eigenvalue weighted by Gasteiger charge is -2.51. The van der Waals surface area contributed by atoms with E-state index < -0.39 is 5.97 Å². The fraction of sp³-hybridized carbons (Fsp3) is 0.607. The van der Waals surface area contributed by atoms with Crippen LogP contribution in [0.5, 0.6) is 5.75 Å². The van der Waals surface area contributed by atoms with Gasteiger partial charge in [-0.1, -0.05) is 43.1 Å². The first kappa shape index (κ1) is 23.0. The largest absolute Gasteiger partial charge is 0.489 e. The first-order chi connectivity index (χ1) is 15.9. The van der Waals surface area contributed by atoms with Gasteiger partial charge in [0.15, 0.2) is 0 Å². The summed E-state index contributed by atoms with van der Waals surface area (Å²) in [6, 6.07) is 11.8. The number of hydrogen-bond donors (Lipinski definition) is 1. The molecule has 33 heavy (non-hydrogen) atoms. The van der Waals surface area contributed by atoms with Crippen molar-refractivity contribution in [3.63, 3.8) is 0 Å². The molecular formula is C28H36ClNO3. The summed E-state index contributed by atoms with van der Waals surface area (Å²) in [7, 11) is 0. The molecule has 2 aromatic rings. The lowest BCUT2D eigenvalue weighted by atomic mass is 9.77. The van der Waals surface area contributed by atoms with Gasteiger partial charge in [0.2, 0.25) is 0 Å². The summed E-state index contributed by atoms with van der Waals surface area (Å²) in [5, 5.41) is 12.5. The minimum Gasteiger partial charge on any atom is -0.489 e. The van der Waals surface area contributed by atoms with Gasteiger partial charge in [0.1, 0.15) is 5.75 Å². The van der Waals surface area contributed by atoms with Gasteiger partial charge in [-0.2, -0.15) is 0 Å². The van der Waals surface area contributed by atoms with Gasteiger partial charge in [-0.05, 0) is 87.3 Å². The second-order valence-electron chi connectivity index (χ2n) is 10.7. The molecule has 4 nitrogen and oxygen atoms in total. The number of piperidine rings is 2. The number of rotatable bonds is 5. The fourth-order valence-electron chi connectivity index (χ4n) is 6.59. The van der Waals surface area contributed by atoms with Gasteiger partial charge in [0, 0.05) is 23.5 Å². The number of hydrogen-bond acceptors (Lipinski definition) is 3. The van der Waals surface area contributed by atoms with Crippen molar-refractivity contribution in [3.8, 4) is 5.75 Å². The smallest absolute Gasteiger partial charge is 0.306 e. The maximum absolute atomic E-state index is 11.6. The van der Waals surface area contributed by atoms with E-state index in [1.165, 1.54) is 24.8 Å². The van der Waals surface area contributed by atoms with Crippen molar-refractivity contribution in [2.45, 2.75) is 95.9 Å². The van der Waals surface area contributed by atoms with Crippen molar-refractivity contribution in [2.75, 3.05) is 0 Å². The first-order valence-electron chi connectivity index (χ1n) is 12.8. The van der Waals surface area contributed by atoms with Gasteiger partial charge < -0.3 is 9.84 Å². The minimum atomic E-state index is -0.625. The highest BCUT2D eigenvalue weighted by Gasteiger charge is 2.42. The topological polar surface area (TPSA) is 49.8 Å². The van der Waals surface area contributed by atoms with Gasteiger partial charge in [0.25, 0.3) is 0 Å². The van der Waals surface area contributed by atoms with Crippen LogP contribution in [0.25, 0.3) is 10.8 Å². The third kappa shape index (κ3) is 4.61. The molecule has 0 spiro atoms. The van der Waals surface area contributed by atoms with E-state index in [9.17, 15) is 9.90 Å². The van der Waals surface area contributed by atoms with Gasteiger partial charge in [0.05, 0.1) is 17.0 Å². The van der Waals surface area contributed by atoms with E-state index >= 15 is 0 Å². The molecule has 5 heteroatoms. The third-order valence-electron chi connectivity index (χ3n) is 8.51. The monoisotopic (exact) mass is 469 g/mol. The minimum absolute atomic E-state index is 0.190. The Balaban J connectivity index is 1.35. The number of carboxylic acid groups (broad SMARTS) is 1. The zero-order chi connectivity index (χ0) is 23.1. The summed E-state index contributed by atoms with van der Waals surface area (Å²) >= 11 is 6.80. The molecular weight excluding hydrogens is 434 g/mol. The van der Waals surface area contributed by atoms with Crippen molar-refractivity contribution >= 4 is 28.3 Å². The van der Waals surface area contributed by atoms with Crippen LogP contribution in [0, 0.1) is 11.8 Å². The first-order valence-corrected chi connectivity index (χ1v) is 13.2. The summed E-state index contributed by atoms with van der Waals surface area (Å²) in [6.07, 6.45) is 9.89. The molecule has 2 saturated heterocycles. The Morgan fingerprint density at radius 2 is 1.76 bits per heavy atom. The van der Waals surface area contributed by atoms with Crippen LogP contribution < -0.4 is 4.74 Å². The summed E-state index contributed by atoms with van der Waals surface area (Å²) in [6.45, 7) is 4.59. The molecule has 2 unspecified atom stereocenters. The van der Waals surface area contributed by atoms with Crippen LogP contribution in [-0.2, 0) is 4.79 Å². The summed E-state index contributed by atoms with van der Waals surface area (Å²) in [4.78, 5) is 14.2. The van der Waals surface area contributed by atoms with Crippen LogP contribution in [0.3, 0.4) is 0 Å². The van der Waals surface area contributed by atoms with Gasteiger partial charge >= 0.3 is 5.97 Å². The number of benzene rings is 2. The van der Waals surface area contributed by atoms with Crippen LogP contribution >= 0.6 is 11.6 Å². The van der Waals surface area contributed by atoms with E-state index in [1.54, 1.807) is 0 Å². The van der Waals surface area contributed by atoms with E-state index in [2.05, 4.69) is 43.0 Å². The Morgan fingerprint density at radius 1 is 1.06 bits per heavy atom. The average molecular weight is 470 g/mol. The van der Waals surface area contributed by atoms with Crippen molar-refractivity contribution in [1.82, 2.24) is 4.90 Å². The molecule has 178 valence electrons. The number of halogens is 1. The molecule has 2 aromatic carbocycles. The highest BCUT2D eigenvalue weighted by Crippen LogP contribution is 2.43. The van der Waals surface area contributed by atoms with Crippen LogP contribution in [0.4, 0.5) is 0 Å². The Bertz CT molecular complexity index is 1000. The van der Waals surface area contributed by atoms with Crippen molar-refractivity contribution in [1.29, 1.82) is 0 Å². The lowest BCUT2D eigenvalue weighted by molar-refractivity contribution is -0.147.